The van der Waals surface area contributed by atoms with E-state index in [1.54, 1.807) is 23.6 Å². The fourth-order valence-corrected chi connectivity index (χ4v) is 4.45. The zero-order valence-corrected chi connectivity index (χ0v) is 16.3. The predicted molar refractivity (Wildman–Crippen MR) is 99.0 cm³/mol. The summed E-state index contributed by atoms with van der Waals surface area (Å²) in [6.45, 7) is 5.70. The van der Waals surface area contributed by atoms with E-state index in [0.29, 0.717) is 32.6 Å². The Balaban J connectivity index is 1.84. The molecule has 2 rings (SSSR count). The minimum atomic E-state index is -3.39. The van der Waals surface area contributed by atoms with Crippen LogP contribution in [-0.2, 0) is 29.6 Å². The number of amides is 2. The molecule has 0 aromatic heterocycles. The van der Waals surface area contributed by atoms with E-state index in [9.17, 15) is 14.2 Å². The van der Waals surface area contributed by atoms with Crippen LogP contribution in [0.5, 0.6) is 0 Å². The Bertz CT molecular complexity index is 634. The molecule has 1 aromatic carbocycles. The minimum Gasteiger partial charge on any atom is -0.339 e. The molecule has 1 aliphatic heterocycles. The maximum absolute atomic E-state index is 12.5. The monoisotopic (exact) mass is 382 g/mol. The quantitative estimate of drug-likeness (QED) is 0.644. The van der Waals surface area contributed by atoms with Gasteiger partial charge < -0.3 is 18.8 Å². The Kier molecular flexibility index (Phi) is 7.82. The maximum Gasteiger partial charge on any atom is 0.340 e. The van der Waals surface area contributed by atoms with Crippen LogP contribution in [0, 0.1) is 0 Å². The van der Waals surface area contributed by atoms with Crippen LogP contribution in [0.15, 0.2) is 30.3 Å². The molecule has 0 spiro atoms. The summed E-state index contributed by atoms with van der Waals surface area (Å²) in [5.41, 5.74) is 0.977. The Morgan fingerprint density at radius 2 is 1.42 bits per heavy atom. The zero-order valence-electron chi connectivity index (χ0n) is 15.4. The van der Waals surface area contributed by atoms with Gasteiger partial charge in [0.05, 0.1) is 19.6 Å². The standard InChI is InChI=1S/C18H27N2O5P/c1-3-24-26(23,25-4-2)15-18(22)20-12-10-19(11-13-20)17(21)14-16-8-6-5-7-9-16/h5-9H,3-4,10-15H2,1-2H3. The van der Waals surface area contributed by atoms with Gasteiger partial charge in [-0.25, -0.2) is 0 Å². The van der Waals surface area contributed by atoms with Gasteiger partial charge in [0.25, 0.3) is 0 Å². The Hall–Kier alpha value is -1.69. The molecule has 7 nitrogen and oxygen atoms in total. The van der Waals surface area contributed by atoms with Crippen LogP contribution < -0.4 is 0 Å². The summed E-state index contributed by atoms with van der Waals surface area (Å²) in [5.74, 6) is -0.206. The van der Waals surface area contributed by atoms with Crippen LogP contribution >= 0.6 is 7.60 Å². The van der Waals surface area contributed by atoms with Crippen LogP contribution in [0.25, 0.3) is 0 Å². The van der Waals surface area contributed by atoms with Crippen LogP contribution in [0.3, 0.4) is 0 Å². The van der Waals surface area contributed by atoms with E-state index in [1.807, 2.05) is 30.3 Å². The Labute approximate surface area is 154 Å². The number of rotatable bonds is 8. The van der Waals surface area contributed by atoms with Gasteiger partial charge in [0.15, 0.2) is 0 Å². The number of benzene rings is 1. The third-order valence-electron chi connectivity index (χ3n) is 4.16. The summed E-state index contributed by atoms with van der Waals surface area (Å²) in [6, 6.07) is 9.59. The zero-order chi connectivity index (χ0) is 19.0. The van der Waals surface area contributed by atoms with Crippen LogP contribution in [-0.4, -0.2) is 67.2 Å². The lowest BCUT2D eigenvalue weighted by molar-refractivity contribution is -0.138. The topological polar surface area (TPSA) is 76.2 Å². The predicted octanol–water partition coefficient (Wildman–Crippen LogP) is 2.17. The van der Waals surface area contributed by atoms with Gasteiger partial charge >= 0.3 is 7.60 Å². The number of carbonyl (C=O) groups excluding carboxylic acids is 2. The summed E-state index contributed by atoms with van der Waals surface area (Å²) >= 11 is 0. The van der Waals surface area contributed by atoms with Crippen molar-refractivity contribution in [1.82, 2.24) is 9.80 Å². The molecule has 1 fully saturated rings. The molecule has 26 heavy (non-hydrogen) atoms. The molecule has 1 aliphatic rings. The van der Waals surface area contributed by atoms with E-state index in [-0.39, 0.29) is 31.2 Å². The van der Waals surface area contributed by atoms with Crippen LogP contribution in [0.1, 0.15) is 19.4 Å². The van der Waals surface area contributed by atoms with Crippen molar-refractivity contribution >= 4 is 19.4 Å². The largest absolute Gasteiger partial charge is 0.340 e. The number of hydrogen-bond donors (Lipinski definition) is 0. The number of piperazine rings is 1. The van der Waals surface area contributed by atoms with Crippen molar-refractivity contribution < 1.29 is 23.2 Å². The minimum absolute atomic E-state index is 0.0533. The molecule has 0 aliphatic carbocycles. The summed E-state index contributed by atoms with van der Waals surface area (Å²) in [4.78, 5) is 28.2. The van der Waals surface area contributed by atoms with E-state index < -0.39 is 7.60 Å². The van der Waals surface area contributed by atoms with Crippen molar-refractivity contribution in [2.75, 3.05) is 45.6 Å². The third kappa shape index (κ3) is 5.94. The summed E-state index contributed by atoms with van der Waals surface area (Å²) in [5, 5.41) is 0. The van der Waals surface area contributed by atoms with Gasteiger partial charge in [-0.05, 0) is 19.4 Å². The molecule has 0 unspecified atom stereocenters. The highest BCUT2D eigenvalue weighted by Gasteiger charge is 2.32. The number of carbonyl (C=O) groups is 2. The molecule has 144 valence electrons. The lowest BCUT2D eigenvalue weighted by atomic mass is 10.1. The molecular formula is C18H27N2O5P. The van der Waals surface area contributed by atoms with Crippen molar-refractivity contribution in [3.8, 4) is 0 Å². The van der Waals surface area contributed by atoms with Crippen LogP contribution in [0.4, 0.5) is 0 Å². The molecule has 1 heterocycles. The van der Waals surface area contributed by atoms with Crippen molar-refractivity contribution in [3.05, 3.63) is 35.9 Å². The molecule has 0 radical (unpaired) electrons. The number of nitrogens with zero attached hydrogens (tertiary/aromatic N) is 2. The average molecular weight is 382 g/mol. The molecule has 2 amide bonds. The summed E-state index contributed by atoms with van der Waals surface area (Å²) < 4.78 is 22.8. The lowest BCUT2D eigenvalue weighted by Crippen LogP contribution is -2.51. The van der Waals surface area contributed by atoms with Gasteiger partial charge in [-0.3, -0.25) is 14.2 Å². The van der Waals surface area contributed by atoms with Gasteiger partial charge in [-0.15, -0.1) is 0 Å². The van der Waals surface area contributed by atoms with Crippen molar-refractivity contribution in [3.63, 3.8) is 0 Å². The molecule has 1 aromatic rings. The first-order chi connectivity index (χ1) is 12.5. The van der Waals surface area contributed by atoms with E-state index in [4.69, 9.17) is 9.05 Å². The fourth-order valence-electron chi connectivity index (χ4n) is 2.88. The van der Waals surface area contributed by atoms with Crippen molar-refractivity contribution in [2.24, 2.45) is 0 Å². The van der Waals surface area contributed by atoms with E-state index >= 15 is 0 Å². The first-order valence-corrected chi connectivity index (χ1v) is 10.7. The second-order valence-electron chi connectivity index (χ2n) is 6.03. The highest BCUT2D eigenvalue weighted by atomic mass is 31.2. The smallest absolute Gasteiger partial charge is 0.339 e. The van der Waals surface area contributed by atoms with Crippen molar-refractivity contribution in [2.45, 2.75) is 20.3 Å². The van der Waals surface area contributed by atoms with E-state index in [0.717, 1.165) is 5.56 Å². The van der Waals surface area contributed by atoms with Gasteiger partial charge in [-0.2, -0.15) is 0 Å². The first-order valence-electron chi connectivity index (χ1n) is 8.95. The molecule has 0 atom stereocenters. The Morgan fingerprint density at radius 3 is 1.92 bits per heavy atom. The molecule has 8 heteroatoms. The van der Waals surface area contributed by atoms with E-state index in [2.05, 4.69) is 0 Å². The summed E-state index contributed by atoms with van der Waals surface area (Å²) in [6.07, 6.45) is 0.102. The van der Waals surface area contributed by atoms with Crippen LogP contribution in [0.2, 0.25) is 0 Å². The second kappa shape index (κ2) is 9.86. The van der Waals surface area contributed by atoms with E-state index in [1.165, 1.54) is 0 Å². The molecule has 0 saturated carbocycles. The normalized spacial score (nSPS) is 15.2. The Morgan fingerprint density at radius 1 is 0.923 bits per heavy atom. The third-order valence-corrected chi connectivity index (χ3v) is 6.12. The average Bonchev–Trinajstić information content (AvgIpc) is 2.63. The molecule has 0 N–H and O–H groups in total. The van der Waals surface area contributed by atoms with Gasteiger partial charge in [0, 0.05) is 26.2 Å². The molecule has 1 saturated heterocycles. The van der Waals surface area contributed by atoms with Crippen molar-refractivity contribution in [1.29, 1.82) is 0 Å². The van der Waals surface area contributed by atoms with Gasteiger partial charge in [0.2, 0.25) is 11.8 Å². The summed E-state index contributed by atoms with van der Waals surface area (Å²) in [7, 11) is -3.39. The van der Waals surface area contributed by atoms with Gasteiger partial charge in [0.1, 0.15) is 6.16 Å². The van der Waals surface area contributed by atoms with Gasteiger partial charge in [-0.1, -0.05) is 30.3 Å². The second-order valence-corrected chi connectivity index (χ2v) is 8.08. The fraction of sp³-hybridized carbons (Fsp3) is 0.556. The highest BCUT2D eigenvalue weighted by Crippen LogP contribution is 2.47. The molecular weight excluding hydrogens is 355 g/mol. The maximum atomic E-state index is 12.5. The highest BCUT2D eigenvalue weighted by molar-refractivity contribution is 7.54. The first kappa shape index (κ1) is 20.6. The number of hydrogen-bond acceptors (Lipinski definition) is 5. The SMILES string of the molecule is CCOP(=O)(CC(=O)N1CCN(C(=O)Cc2ccccc2)CC1)OCC. The lowest BCUT2D eigenvalue weighted by Gasteiger charge is -2.35. The molecule has 0 bridgehead atoms.